The van der Waals surface area contributed by atoms with Gasteiger partial charge in [0, 0.05) is 11.0 Å². The topological polar surface area (TPSA) is 29.9 Å². The van der Waals surface area contributed by atoms with Crippen molar-refractivity contribution >= 4 is 27.5 Å². The predicted molar refractivity (Wildman–Crippen MR) is 82.6 cm³/mol. The Labute approximate surface area is 127 Å². The van der Waals surface area contributed by atoms with Crippen molar-refractivity contribution < 1.29 is 0 Å². The van der Waals surface area contributed by atoms with Gasteiger partial charge in [-0.2, -0.15) is 5.10 Å². The fourth-order valence-electron chi connectivity index (χ4n) is 2.19. The standard InChI is InChI=1S/C14H17BrClN3/c1-3-19-14(12(16)9-18-19)13(17-2)8-10-6-4-5-7-11(10)15/h4-7,9,13,17H,3,8H2,1-2H3. The lowest BCUT2D eigenvalue weighted by molar-refractivity contribution is 0.513. The second-order valence-corrected chi connectivity index (χ2v) is 5.59. The molecule has 1 N–H and O–H groups in total. The van der Waals surface area contributed by atoms with E-state index in [0.717, 1.165) is 23.1 Å². The molecular formula is C14H17BrClN3. The Morgan fingerprint density at radius 1 is 1.42 bits per heavy atom. The zero-order valence-corrected chi connectivity index (χ0v) is 13.4. The summed E-state index contributed by atoms with van der Waals surface area (Å²) in [5.74, 6) is 0. The van der Waals surface area contributed by atoms with Gasteiger partial charge in [0.2, 0.25) is 0 Å². The molecule has 1 aromatic carbocycles. The van der Waals surface area contributed by atoms with Gasteiger partial charge in [0.25, 0.3) is 0 Å². The van der Waals surface area contributed by atoms with Crippen LogP contribution in [0.2, 0.25) is 5.02 Å². The number of hydrogen-bond acceptors (Lipinski definition) is 2. The third kappa shape index (κ3) is 3.19. The second-order valence-electron chi connectivity index (χ2n) is 4.33. The monoisotopic (exact) mass is 341 g/mol. The van der Waals surface area contributed by atoms with Gasteiger partial charge in [-0.25, -0.2) is 0 Å². The van der Waals surface area contributed by atoms with Crippen molar-refractivity contribution in [1.82, 2.24) is 15.1 Å². The van der Waals surface area contributed by atoms with Crippen LogP contribution in [0.4, 0.5) is 0 Å². The SMILES string of the molecule is CCn1ncc(Cl)c1C(Cc1ccccc1Br)NC. The van der Waals surface area contributed by atoms with Crippen molar-refractivity contribution in [3.05, 3.63) is 51.2 Å². The Hall–Kier alpha value is -0.840. The maximum Gasteiger partial charge on any atom is 0.0834 e. The minimum atomic E-state index is 0.147. The van der Waals surface area contributed by atoms with Crippen molar-refractivity contribution in [2.45, 2.75) is 25.9 Å². The number of aromatic nitrogens is 2. The molecule has 0 amide bonds. The molecular weight excluding hydrogens is 326 g/mol. The summed E-state index contributed by atoms with van der Waals surface area (Å²) >= 11 is 9.86. The molecule has 3 nitrogen and oxygen atoms in total. The van der Waals surface area contributed by atoms with Gasteiger partial charge in [0.05, 0.1) is 23.0 Å². The molecule has 2 aromatic rings. The number of halogens is 2. The summed E-state index contributed by atoms with van der Waals surface area (Å²) < 4.78 is 3.06. The molecule has 0 aliphatic carbocycles. The van der Waals surface area contributed by atoms with Crippen LogP contribution in [0.25, 0.3) is 0 Å². The van der Waals surface area contributed by atoms with Crippen molar-refractivity contribution in [3.63, 3.8) is 0 Å². The molecule has 102 valence electrons. The molecule has 1 atom stereocenters. The Balaban J connectivity index is 2.30. The summed E-state index contributed by atoms with van der Waals surface area (Å²) in [6.45, 7) is 2.88. The van der Waals surface area contributed by atoms with E-state index in [2.05, 4.69) is 45.4 Å². The summed E-state index contributed by atoms with van der Waals surface area (Å²) in [5.41, 5.74) is 2.30. The Morgan fingerprint density at radius 2 is 2.16 bits per heavy atom. The third-order valence-corrected chi connectivity index (χ3v) is 4.26. The van der Waals surface area contributed by atoms with Crippen LogP contribution in [0.1, 0.15) is 24.2 Å². The number of hydrogen-bond donors (Lipinski definition) is 1. The van der Waals surface area contributed by atoms with Gasteiger partial charge in [-0.15, -0.1) is 0 Å². The van der Waals surface area contributed by atoms with E-state index in [1.807, 2.05) is 23.9 Å². The zero-order valence-electron chi connectivity index (χ0n) is 11.0. The van der Waals surface area contributed by atoms with E-state index in [-0.39, 0.29) is 6.04 Å². The van der Waals surface area contributed by atoms with Gasteiger partial charge in [0.1, 0.15) is 0 Å². The molecule has 1 aromatic heterocycles. The number of benzene rings is 1. The summed E-state index contributed by atoms with van der Waals surface area (Å²) in [6, 6.07) is 8.39. The molecule has 0 radical (unpaired) electrons. The van der Waals surface area contributed by atoms with Gasteiger partial charge >= 0.3 is 0 Å². The quantitative estimate of drug-likeness (QED) is 0.895. The van der Waals surface area contributed by atoms with E-state index < -0.39 is 0 Å². The van der Waals surface area contributed by atoms with E-state index >= 15 is 0 Å². The molecule has 5 heteroatoms. The first-order valence-electron chi connectivity index (χ1n) is 6.29. The zero-order chi connectivity index (χ0) is 13.8. The van der Waals surface area contributed by atoms with Crippen molar-refractivity contribution in [2.75, 3.05) is 7.05 Å². The van der Waals surface area contributed by atoms with Crippen molar-refractivity contribution in [2.24, 2.45) is 0 Å². The van der Waals surface area contributed by atoms with Crippen LogP contribution in [0, 0.1) is 0 Å². The lowest BCUT2D eigenvalue weighted by atomic mass is 10.0. The lowest BCUT2D eigenvalue weighted by Gasteiger charge is -2.19. The number of rotatable bonds is 5. The number of nitrogens with zero attached hydrogens (tertiary/aromatic N) is 2. The summed E-state index contributed by atoms with van der Waals surface area (Å²) in [4.78, 5) is 0. The molecule has 0 saturated heterocycles. The predicted octanol–water partition coefficient (Wildman–Crippen LogP) is 3.82. The highest BCUT2D eigenvalue weighted by molar-refractivity contribution is 9.10. The number of nitrogens with one attached hydrogen (secondary N) is 1. The highest BCUT2D eigenvalue weighted by atomic mass is 79.9. The maximum absolute atomic E-state index is 6.27. The highest BCUT2D eigenvalue weighted by Gasteiger charge is 2.19. The first kappa shape index (κ1) is 14.6. The average Bonchev–Trinajstić information content (AvgIpc) is 2.79. The minimum absolute atomic E-state index is 0.147. The molecule has 1 unspecified atom stereocenters. The molecule has 0 saturated carbocycles. The first-order chi connectivity index (χ1) is 9.17. The van der Waals surface area contributed by atoms with Crippen LogP contribution in [0.15, 0.2) is 34.9 Å². The Kier molecular flexibility index (Phi) is 5.02. The molecule has 19 heavy (non-hydrogen) atoms. The van der Waals surface area contributed by atoms with Crippen LogP contribution in [0.3, 0.4) is 0 Å². The molecule has 0 spiro atoms. The molecule has 0 bridgehead atoms. The summed E-state index contributed by atoms with van der Waals surface area (Å²) in [5, 5.41) is 8.35. The van der Waals surface area contributed by atoms with Crippen LogP contribution < -0.4 is 5.32 Å². The maximum atomic E-state index is 6.27. The van der Waals surface area contributed by atoms with E-state index in [1.165, 1.54) is 5.56 Å². The third-order valence-electron chi connectivity index (χ3n) is 3.19. The van der Waals surface area contributed by atoms with E-state index in [4.69, 9.17) is 11.6 Å². The van der Waals surface area contributed by atoms with Crippen LogP contribution in [-0.2, 0) is 13.0 Å². The minimum Gasteiger partial charge on any atom is -0.311 e. The fourth-order valence-corrected chi connectivity index (χ4v) is 2.91. The van der Waals surface area contributed by atoms with Crippen LogP contribution in [-0.4, -0.2) is 16.8 Å². The lowest BCUT2D eigenvalue weighted by Crippen LogP contribution is -2.23. The van der Waals surface area contributed by atoms with Crippen LogP contribution in [0.5, 0.6) is 0 Å². The second kappa shape index (κ2) is 6.55. The van der Waals surface area contributed by atoms with E-state index in [9.17, 15) is 0 Å². The van der Waals surface area contributed by atoms with Gasteiger partial charge in [0.15, 0.2) is 0 Å². The molecule has 1 heterocycles. The largest absolute Gasteiger partial charge is 0.311 e. The Bertz CT molecular complexity index is 553. The Morgan fingerprint density at radius 3 is 2.79 bits per heavy atom. The molecule has 0 aliphatic heterocycles. The number of likely N-dealkylation sites (N-methyl/N-ethyl adjacent to an activating group) is 1. The van der Waals surface area contributed by atoms with Gasteiger partial charge < -0.3 is 5.32 Å². The normalized spacial score (nSPS) is 12.6. The van der Waals surface area contributed by atoms with Gasteiger partial charge in [-0.05, 0) is 32.0 Å². The van der Waals surface area contributed by atoms with Gasteiger partial charge in [-0.1, -0.05) is 45.7 Å². The van der Waals surface area contributed by atoms with Crippen LogP contribution >= 0.6 is 27.5 Å². The van der Waals surface area contributed by atoms with Gasteiger partial charge in [-0.3, -0.25) is 4.68 Å². The van der Waals surface area contributed by atoms with E-state index in [1.54, 1.807) is 6.20 Å². The van der Waals surface area contributed by atoms with Crippen molar-refractivity contribution in [3.8, 4) is 0 Å². The molecule has 2 rings (SSSR count). The van der Waals surface area contributed by atoms with E-state index in [0.29, 0.717) is 5.02 Å². The molecule has 0 fully saturated rings. The smallest absolute Gasteiger partial charge is 0.0834 e. The summed E-state index contributed by atoms with van der Waals surface area (Å²) in [7, 11) is 1.95. The summed E-state index contributed by atoms with van der Waals surface area (Å²) in [6.07, 6.45) is 2.58. The average molecular weight is 343 g/mol. The highest BCUT2D eigenvalue weighted by Crippen LogP contribution is 2.28. The van der Waals surface area contributed by atoms with Crippen molar-refractivity contribution in [1.29, 1.82) is 0 Å². The molecule has 0 aliphatic rings. The number of aryl methyl sites for hydroxylation is 1. The first-order valence-corrected chi connectivity index (χ1v) is 7.46. The fraction of sp³-hybridized carbons (Fsp3) is 0.357.